The van der Waals surface area contributed by atoms with Crippen molar-refractivity contribution < 1.29 is 321 Å². The Kier molecular flexibility index (Phi) is 51.6. The van der Waals surface area contributed by atoms with Gasteiger partial charge in [-0.05, 0) is 0 Å². The number of rotatable bonds is 7. The molecule has 0 nitrogen and oxygen atoms in total. The summed E-state index contributed by atoms with van der Waals surface area (Å²) in [6, 6.07) is 65.1. The first kappa shape index (κ1) is 119. The van der Waals surface area contributed by atoms with Gasteiger partial charge in [-0.3, -0.25) is 30.7 Å². The zero-order valence-electron chi connectivity index (χ0n) is 69.6. The predicted molar refractivity (Wildman–Crippen MR) is 412 cm³/mol. The van der Waals surface area contributed by atoms with E-state index in [-0.39, 0.29) is 268 Å². The third-order valence-electron chi connectivity index (χ3n) is 17.7. The molecule has 0 bridgehead atoms. The van der Waals surface area contributed by atoms with Crippen molar-refractivity contribution >= 4 is 0 Å². The standard InChI is InChI=1S/7C14H9F3.7Y/c7*1-8-3-4-10(6-12(8)15)11-5-9(2)14(17)13(16)7-11;;;;;;;/h7*3-5H,1-2H3;;;;;;;/q7*-2;;;;;;;. The van der Waals surface area contributed by atoms with Gasteiger partial charge in [-0.15, -0.1) is 81.4 Å². The van der Waals surface area contributed by atoms with E-state index in [0.717, 1.165) is 0 Å². The van der Waals surface area contributed by atoms with Crippen LogP contribution in [0.4, 0.5) is 92.2 Å². The molecule has 0 unspecified atom stereocenters. The zero-order valence-corrected chi connectivity index (χ0v) is 89.5. The van der Waals surface area contributed by atoms with E-state index in [1.54, 1.807) is 133 Å². The second-order valence-electron chi connectivity index (χ2n) is 27.0. The monoisotopic (exact) mass is 2260 g/mol. The van der Waals surface area contributed by atoms with Crippen molar-refractivity contribution in [1.82, 2.24) is 0 Å². The number of halogens is 21. The van der Waals surface area contributed by atoms with Gasteiger partial charge < -0.3 is 0 Å². The van der Waals surface area contributed by atoms with Crippen molar-refractivity contribution in [2.24, 2.45) is 0 Å². The normalized spacial score (nSPS) is 10.1. The summed E-state index contributed by atoms with van der Waals surface area (Å²) in [6.07, 6.45) is 0. The van der Waals surface area contributed by atoms with Gasteiger partial charge in [0.25, 0.3) is 0 Å². The fraction of sp³-hybridized carbons (Fsp3) is 0.143. The Bertz CT molecular complexity index is 4930. The Morgan fingerprint density at radius 1 is 0.119 bits per heavy atom. The van der Waals surface area contributed by atoms with Crippen molar-refractivity contribution in [3.8, 4) is 77.9 Å². The summed E-state index contributed by atoms with van der Waals surface area (Å²) in [5, 5.41) is 0. The molecule has 14 aromatic rings. The molecule has 0 fully saturated rings. The fourth-order valence-corrected chi connectivity index (χ4v) is 10.5. The first-order chi connectivity index (χ1) is 55.9. The van der Waals surface area contributed by atoms with Gasteiger partial charge in [0.2, 0.25) is 0 Å². The minimum atomic E-state index is -1.06. The SMILES string of the molecule is Cc1ccc(-c2[c-]c(F)c(F)c(C)c2)[c-]c1F.Cc1ccc(-c2[c-]c(F)c(F)c(C)c2)[c-]c1F.Cc1ccc(-c2[c-]c(F)c(F)c(C)c2)[c-]c1F.Cc1ccc(-c2[c-]c(F)c(F)c(C)c2)[c-]c1F.Cc1ccc(-c2[c-]c(F)c(F)c(C)c2)[c-]c1F.Cc1ccc(-c2[c-]c(F)c(F)c(C)c2)[c-]c1F.Cc1ccc(-c2[c-]c(F)c(F)c(C)c2)[c-]c1F.[Y].[Y].[Y].[Y].[Y].[Y].[Y]. The average Bonchev–Trinajstić information content (AvgIpc) is 0.850. The molecule has 0 aliphatic heterocycles. The van der Waals surface area contributed by atoms with Crippen molar-refractivity contribution in [3.05, 3.63) is 412 Å². The molecule has 28 heteroatoms. The first-order valence-corrected chi connectivity index (χ1v) is 35.4. The Morgan fingerprint density at radius 3 is 0.286 bits per heavy atom. The van der Waals surface area contributed by atoms with Gasteiger partial charge in [-0.1, -0.05) is 136 Å². The maximum absolute atomic E-state index is 13.3. The van der Waals surface area contributed by atoms with Crippen molar-refractivity contribution in [2.45, 2.75) is 96.9 Å². The molecule has 0 heterocycles. The quantitative estimate of drug-likeness (QED) is 0.110. The summed E-state index contributed by atoms with van der Waals surface area (Å²) < 4.78 is 277. The van der Waals surface area contributed by atoms with E-state index < -0.39 is 122 Å². The van der Waals surface area contributed by atoms with E-state index in [2.05, 4.69) is 84.9 Å². The summed E-state index contributed by atoms with van der Waals surface area (Å²) >= 11 is 0. The Balaban J connectivity index is 0.000000728. The van der Waals surface area contributed by atoms with E-state index in [4.69, 9.17) is 0 Å². The molecule has 0 N–H and O–H groups in total. The zero-order chi connectivity index (χ0) is 88.0. The van der Waals surface area contributed by atoms with Gasteiger partial charge in [0.1, 0.15) is 0 Å². The minimum Gasteiger partial charge on any atom is -0.262 e. The van der Waals surface area contributed by atoms with Crippen LogP contribution in [0.1, 0.15) is 77.9 Å². The molecular formula is C98H63F21Y7-14. The number of benzene rings is 14. The topological polar surface area (TPSA) is 0 Å². The van der Waals surface area contributed by atoms with Crippen LogP contribution in [-0.2, 0) is 229 Å². The first-order valence-electron chi connectivity index (χ1n) is 35.4. The molecule has 0 amide bonds. The molecule has 0 aliphatic carbocycles. The third kappa shape index (κ3) is 32.6. The van der Waals surface area contributed by atoms with Gasteiger partial charge in [0, 0.05) is 270 Å². The van der Waals surface area contributed by atoms with E-state index in [9.17, 15) is 92.2 Å². The molecule has 14 aromatic carbocycles. The van der Waals surface area contributed by atoms with Crippen LogP contribution in [0.5, 0.6) is 0 Å². The summed E-state index contributed by atoms with van der Waals surface area (Å²) in [5.41, 5.74) is 8.81. The minimum absolute atomic E-state index is 0. The Morgan fingerprint density at radius 2 is 0.206 bits per heavy atom. The summed E-state index contributed by atoms with van der Waals surface area (Å²) in [6.45, 7) is 21.4. The van der Waals surface area contributed by atoms with Gasteiger partial charge in [-0.2, -0.15) is 170 Å². The number of hydrogen-bond donors (Lipinski definition) is 0. The summed E-state index contributed by atoms with van der Waals surface area (Å²) in [5.74, 6) is -17.4. The Hall–Kier alpha value is -4.66. The van der Waals surface area contributed by atoms with Crippen LogP contribution in [0.25, 0.3) is 77.9 Å². The van der Waals surface area contributed by atoms with Crippen LogP contribution < -0.4 is 0 Å². The second kappa shape index (κ2) is 54.5. The molecule has 0 spiro atoms. The number of aryl methyl sites for hydroxylation is 14. The van der Waals surface area contributed by atoms with Crippen LogP contribution in [0, 0.1) is 304 Å². The second-order valence-corrected chi connectivity index (χ2v) is 27.0. The van der Waals surface area contributed by atoms with Gasteiger partial charge in [-0.25, -0.2) is 139 Å². The van der Waals surface area contributed by atoms with E-state index in [1.807, 2.05) is 0 Å². The largest absolute Gasteiger partial charge is 0.262 e. The van der Waals surface area contributed by atoms with Crippen molar-refractivity contribution in [1.29, 1.82) is 0 Å². The molecule has 637 valence electrons. The van der Waals surface area contributed by atoms with Crippen LogP contribution in [0.3, 0.4) is 0 Å². The van der Waals surface area contributed by atoms with E-state index >= 15 is 0 Å². The molecule has 0 saturated heterocycles. The molecule has 14 rings (SSSR count). The van der Waals surface area contributed by atoms with Crippen LogP contribution in [-0.4, -0.2) is 0 Å². The van der Waals surface area contributed by atoms with Gasteiger partial charge in [0.05, 0.1) is 81.4 Å². The van der Waals surface area contributed by atoms with E-state index in [1.165, 1.54) is 90.9 Å². The number of hydrogen-bond acceptors (Lipinski definition) is 0. The third-order valence-corrected chi connectivity index (χ3v) is 17.7. The smallest absolute Gasteiger partial charge is 0.0742 e. The maximum atomic E-state index is 13.3. The molecule has 126 heavy (non-hydrogen) atoms. The van der Waals surface area contributed by atoms with Crippen LogP contribution >= 0.6 is 0 Å². The van der Waals surface area contributed by atoms with Crippen molar-refractivity contribution in [3.63, 3.8) is 0 Å². The van der Waals surface area contributed by atoms with Gasteiger partial charge >= 0.3 is 0 Å². The Labute approximate surface area is 895 Å². The summed E-state index contributed by atoms with van der Waals surface area (Å²) in [4.78, 5) is 0. The van der Waals surface area contributed by atoms with Gasteiger partial charge in [0.15, 0.2) is 0 Å². The molecule has 0 aromatic heterocycles. The predicted octanol–water partition coefficient (Wildman–Crippen LogP) is 27.9. The molecule has 0 atom stereocenters. The van der Waals surface area contributed by atoms with Crippen molar-refractivity contribution in [2.75, 3.05) is 0 Å². The molecular weight excluding hydrogens is 2200 g/mol. The summed E-state index contributed by atoms with van der Waals surface area (Å²) in [7, 11) is 0. The molecule has 0 aliphatic rings. The maximum Gasteiger partial charge on any atom is 0.0742 e. The van der Waals surface area contributed by atoms with E-state index in [0.29, 0.717) is 117 Å². The van der Waals surface area contributed by atoms with Crippen LogP contribution in [0.15, 0.2) is 127 Å². The molecule has 0 saturated carbocycles. The average molecular weight is 2260 g/mol. The van der Waals surface area contributed by atoms with Crippen LogP contribution in [0.2, 0.25) is 0 Å². The fourth-order valence-electron chi connectivity index (χ4n) is 10.5. The molecule has 7 radical (unpaired) electrons.